The summed E-state index contributed by atoms with van der Waals surface area (Å²) in [4.78, 5) is 48.5. The van der Waals surface area contributed by atoms with Crippen molar-refractivity contribution >= 4 is 34.4 Å². The van der Waals surface area contributed by atoms with Crippen molar-refractivity contribution in [3.05, 3.63) is 101 Å². The minimum atomic E-state index is -0.668. The fraction of sp³-hybridized carbons (Fsp3) is 0.303. The highest BCUT2D eigenvalue weighted by Gasteiger charge is 2.53. The average Bonchev–Trinajstić information content (AvgIpc) is 3.47. The number of urea groups is 1. The first-order valence-corrected chi connectivity index (χ1v) is 14.2. The van der Waals surface area contributed by atoms with Crippen molar-refractivity contribution in [1.82, 2.24) is 15.2 Å². The maximum atomic E-state index is 14.3. The van der Waals surface area contributed by atoms with E-state index in [1.807, 2.05) is 49.4 Å². The number of H-pyrrole nitrogens is 1. The monoisotopic (exact) mass is 532 g/mol. The van der Waals surface area contributed by atoms with E-state index < -0.39 is 18.1 Å². The van der Waals surface area contributed by atoms with Crippen molar-refractivity contribution in [3.63, 3.8) is 0 Å². The van der Waals surface area contributed by atoms with Gasteiger partial charge in [0.25, 0.3) is 11.8 Å². The zero-order valence-electron chi connectivity index (χ0n) is 22.5. The number of rotatable bonds is 4. The summed E-state index contributed by atoms with van der Waals surface area (Å²) in [7, 11) is 0. The summed E-state index contributed by atoms with van der Waals surface area (Å²) >= 11 is 0. The first-order chi connectivity index (χ1) is 19.5. The van der Waals surface area contributed by atoms with Crippen LogP contribution in [0.1, 0.15) is 70.9 Å². The Morgan fingerprint density at radius 2 is 1.62 bits per heavy atom. The molecule has 0 spiro atoms. The first kappa shape index (κ1) is 24.6. The predicted octanol–water partition coefficient (Wildman–Crippen LogP) is 6.02. The van der Waals surface area contributed by atoms with Crippen molar-refractivity contribution in [2.45, 2.75) is 63.6 Å². The zero-order valence-corrected chi connectivity index (χ0v) is 22.5. The van der Waals surface area contributed by atoms with E-state index in [-0.39, 0.29) is 17.9 Å². The molecule has 2 fully saturated rings. The Balaban J connectivity index is 1.32. The number of fused-ring (bicyclic) bond motifs is 4. The van der Waals surface area contributed by atoms with Crippen LogP contribution in [0.25, 0.3) is 10.9 Å². The van der Waals surface area contributed by atoms with Crippen LogP contribution in [0.3, 0.4) is 0 Å². The SMILES string of the molecule is Cc1ccccc1C1c2[nH]c3ccccc3c2CC2C(=O)N(c3ccccc3C(=O)NC3CCCCC3)C(=O)N21. The number of imide groups is 1. The van der Waals surface area contributed by atoms with E-state index in [1.54, 1.807) is 29.2 Å². The molecule has 1 aromatic heterocycles. The van der Waals surface area contributed by atoms with Gasteiger partial charge in [-0.05, 0) is 54.7 Å². The lowest BCUT2D eigenvalue weighted by molar-refractivity contribution is -0.120. The Labute approximate surface area is 233 Å². The van der Waals surface area contributed by atoms with Gasteiger partial charge in [0.1, 0.15) is 12.1 Å². The van der Waals surface area contributed by atoms with E-state index in [1.165, 1.54) is 11.3 Å². The van der Waals surface area contributed by atoms with E-state index in [4.69, 9.17) is 0 Å². The molecule has 7 nitrogen and oxygen atoms in total. The van der Waals surface area contributed by atoms with Crippen LogP contribution >= 0.6 is 0 Å². The number of hydrogen-bond donors (Lipinski definition) is 2. The number of nitrogens with one attached hydrogen (secondary N) is 2. The van der Waals surface area contributed by atoms with E-state index in [0.29, 0.717) is 17.7 Å². The summed E-state index contributed by atoms with van der Waals surface area (Å²) in [6.45, 7) is 2.03. The Bertz CT molecular complexity index is 1650. The molecule has 4 aromatic rings. The van der Waals surface area contributed by atoms with E-state index in [9.17, 15) is 14.4 Å². The second kappa shape index (κ2) is 9.66. The van der Waals surface area contributed by atoms with Gasteiger partial charge in [0.05, 0.1) is 11.3 Å². The summed E-state index contributed by atoms with van der Waals surface area (Å²) in [6.07, 6.45) is 5.71. The molecule has 3 aromatic carbocycles. The maximum Gasteiger partial charge on any atom is 0.332 e. The molecule has 7 rings (SSSR count). The van der Waals surface area contributed by atoms with Gasteiger partial charge >= 0.3 is 6.03 Å². The maximum absolute atomic E-state index is 14.3. The lowest BCUT2D eigenvalue weighted by Crippen LogP contribution is -2.44. The molecule has 1 saturated carbocycles. The van der Waals surface area contributed by atoms with E-state index >= 15 is 0 Å². The summed E-state index contributed by atoms with van der Waals surface area (Å²) < 4.78 is 0. The standard InChI is InChI=1S/C33H32N4O3/c1-20-11-5-6-14-22(20)30-29-25(23-15-7-9-17-26(23)35-29)19-28-32(39)37(33(40)36(28)30)27-18-10-8-16-24(27)31(38)34-21-12-3-2-4-13-21/h5-11,14-18,21,28,30,35H,2-4,12-13,19H2,1H3,(H,34,38). The second-order valence-electron chi connectivity index (χ2n) is 11.2. The fourth-order valence-corrected chi connectivity index (χ4v) is 6.89. The van der Waals surface area contributed by atoms with Crippen molar-refractivity contribution < 1.29 is 14.4 Å². The molecule has 7 heteroatoms. The van der Waals surface area contributed by atoms with Crippen molar-refractivity contribution in [2.75, 3.05) is 4.90 Å². The molecule has 0 radical (unpaired) electrons. The van der Waals surface area contributed by atoms with Crippen LogP contribution in [0.5, 0.6) is 0 Å². The van der Waals surface area contributed by atoms with Crippen LogP contribution < -0.4 is 10.2 Å². The number of carbonyl (C=O) groups is 3. The predicted molar refractivity (Wildman–Crippen MR) is 154 cm³/mol. The Morgan fingerprint density at radius 1 is 0.900 bits per heavy atom. The molecule has 4 amide bonds. The molecule has 2 atom stereocenters. The van der Waals surface area contributed by atoms with Gasteiger partial charge < -0.3 is 10.3 Å². The number of aromatic nitrogens is 1. The third-order valence-corrected chi connectivity index (χ3v) is 8.86. The molecule has 3 heterocycles. The molecular weight excluding hydrogens is 500 g/mol. The van der Waals surface area contributed by atoms with Gasteiger partial charge in [0, 0.05) is 29.1 Å². The summed E-state index contributed by atoms with van der Waals surface area (Å²) in [5, 5.41) is 4.23. The van der Waals surface area contributed by atoms with Crippen LogP contribution in [0.4, 0.5) is 10.5 Å². The number of aromatic amines is 1. The smallest absolute Gasteiger partial charge is 0.332 e. The number of carbonyl (C=O) groups excluding carboxylic acids is 3. The quantitative estimate of drug-likeness (QED) is 0.315. The van der Waals surface area contributed by atoms with Gasteiger partial charge in [-0.1, -0.05) is 73.9 Å². The van der Waals surface area contributed by atoms with Gasteiger partial charge in [-0.25, -0.2) is 9.69 Å². The summed E-state index contributed by atoms with van der Waals surface area (Å²) in [5.41, 5.74) is 5.72. The van der Waals surface area contributed by atoms with Gasteiger partial charge in [-0.15, -0.1) is 0 Å². The van der Waals surface area contributed by atoms with E-state index in [0.717, 1.165) is 59.0 Å². The molecule has 0 bridgehead atoms. The lowest BCUT2D eigenvalue weighted by Gasteiger charge is -2.36. The minimum absolute atomic E-state index is 0.120. The van der Waals surface area contributed by atoms with Crippen LogP contribution in [-0.2, 0) is 11.2 Å². The number of nitrogens with zero attached hydrogens (tertiary/aromatic N) is 2. The van der Waals surface area contributed by atoms with E-state index in [2.05, 4.69) is 16.4 Å². The lowest BCUT2D eigenvalue weighted by atomic mass is 9.87. The molecule has 2 aliphatic heterocycles. The fourth-order valence-electron chi connectivity index (χ4n) is 6.89. The van der Waals surface area contributed by atoms with Crippen molar-refractivity contribution in [1.29, 1.82) is 0 Å². The van der Waals surface area contributed by atoms with Crippen LogP contribution in [0, 0.1) is 6.92 Å². The molecule has 2 unspecified atom stereocenters. The zero-order chi connectivity index (χ0) is 27.4. The van der Waals surface area contributed by atoms with Crippen molar-refractivity contribution in [3.8, 4) is 0 Å². The van der Waals surface area contributed by atoms with Gasteiger partial charge in [0.15, 0.2) is 0 Å². The topological polar surface area (TPSA) is 85.5 Å². The number of amides is 4. The van der Waals surface area contributed by atoms with Crippen LogP contribution in [-0.4, -0.2) is 39.8 Å². The first-order valence-electron chi connectivity index (χ1n) is 14.2. The highest BCUT2D eigenvalue weighted by Crippen LogP contribution is 2.45. The Morgan fingerprint density at radius 3 is 2.45 bits per heavy atom. The van der Waals surface area contributed by atoms with Gasteiger partial charge in [0.2, 0.25) is 0 Å². The number of para-hydroxylation sites is 2. The molecular formula is C33H32N4O3. The highest BCUT2D eigenvalue weighted by molar-refractivity contribution is 6.24. The normalized spacial score (nSPS) is 21.0. The number of hydrogen-bond acceptors (Lipinski definition) is 3. The minimum Gasteiger partial charge on any atom is -0.356 e. The highest BCUT2D eigenvalue weighted by atomic mass is 16.2. The molecule has 202 valence electrons. The van der Waals surface area contributed by atoms with Crippen molar-refractivity contribution in [2.24, 2.45) is 0 Å². The second-order valence-corrected chi connectivity index (χ2v) is 11.2. The molecule has 1 saturated heterocycles. The molecule has 1 aliphatic carbocycles. The number of aryl methyl sites for hydroxylation is 1. The molecule has 40 heavy (non-hydrogen) atoms. The largest absolute Gasteiger partial charge is 0.356 e. The molecule has 2 N–H and O–H groups in total. The Hall–Kier alpha value is -4.39. The third-order valence-electron chi connectivity index (χ3n) is 8.86. The summed E-state index contributed by atoms with van der Waals surface area (Å²) in [5.74, 6) is -0.530. The van der Waals surface area contributed by atoms with Crippen LogP contribution in [0.15, 0.2) is 72.8 Å². The number of benzene rings is 3. The van der Waals surface area contributed by atoms with Gasteiger partial charge in [-0.3, -0.25) is 14.5 Å². The van der Waals surface area contributed by atoms with Gasteiger partial charge in [-0.2, -0.15) is 0 Å². The number of anilines is 1. The summed E-state index contributed by atoms with van der Waals surface area (Å²) in [6, 6.07) is 21.7. The average molecular weight is 533 g/mol. The molecule has 3 aliphatic rings. The van der Waals surface area contributed by atoms with Crippen LogP contribution in [0.2, 0.25) is 0 Å². The third kappa shape index (κ3) is 3.83. The Kier molecular flexibility index (Phi) is 5.95.